The Balaban J connectivity index is 2.35. The fraction of sp³-hybridized carbons (Fsp3) is 0.333. The molecule has 1 aromatic carbocycles. The minimum atomic E-state index is -0.153. The quantitative estimate of drug-likeness (QED) is 0.266. The van der Waals surface area contributed by atoms with Gasteiger partial charge in [0.1, 0.15) is 0 Å². The van der Waals surface area contributed by atoms with Crippen molar-refractivity contribution in [2.75, 3.05) is 20.6 Å². The second-order valence-electron chi connectivity index (χ2n) is 4.24. The molecule has 1 rings (SSSR count). The van der Waals surface area contributed by atoms with Crippen molar-refractivity contribution in [3.8, 4) is 11.5 Å². The predicted molar refractivity (Wildman–Crippen MR) is 73.8 cm³/mol. The van der Waals surface area contributed by atoms with E-state index in [0.29, 0.717) is 13.0 Å². The smallest absolute Gasteiger partial charge is 0.197 e. The number of hydrogen-bond acceptors (Lipinski definition) is 4. The van der Waals surface area contributed by atoms with Crippen LogP contribution >= 0.6 is 0 Å². The molecule has 0 unspecified atom stereocenters. The molecule has 0 aliphatic carbocycles. The average Bonchev–Trinajstić information content (AvgIpc) is 2.33. The fourth-order valence-corrected chi connectivity index (χ4v) is 1.33. The molecule has 0 aromatic heterocycles. The fourth-order valence-electron chi connectivity index (χ4n) is 1.33. The van der Waals surface area contributed by atoms with Crippen LogP contribution in [0.3, 0.4) is 0 Å². The molecule has 0 bridgehead atoms. The van der Waals surface area contributed by atoms with E-state index in [2.05, 4.69) is 10.6 Å². The third-order valence-electron chi connectivity index (χ3n) is 2.45. The maximum Gasteiger partial charge on any atom is 0.197 e. The van der Waals surface area contributed by atoms with Gasteiger partial charge in [-0.05, 0) is 24.1 Å². The lowest BCUT2D eigenvalue weighted by Crippen LogP contribution is -2.45. The minimum Gasteiger partial charge on any atom is -0.504 e. The molecule has 0 amide bonds. The highest BCUT2D eigenvalue weighted by atomic mass is 16.3. The molecule has 0 fully saturated rings. The van der Waals surface area contributed by atoms with Crippen molar-refractivity contribution in [3.63, 3.8) is 0 Å². The topological polar surface area (TPSA) is 115 Å². The number of hydrogen-bond donors (Lipinski definition) is 6. The van der Waals surface area contributed by atoms with Gasteiger partial charge in [-0.15, -0.1) is 0 Å². The van der Waals surface area contributed by atoms with Crippen molar-refractivity contribution >= 4 is 11.9 Å². The summed E-state index contributed by atoms with van der Waals surface area (Å²) in [4.78, 5) is 1.55. The standard InChI is InChI=1S/C12H19N5O2/c1-17(2)12(14)16-11(13)15-6-5-8-3-4-9(18)10(19)7-8/h3-4,7,18-19H,5-6H2,1-2H3,(H4,13,14,15,16). The zero-order valence-corrected chi connectivity index (χ0v) is 11.0. The molecule has 0 radical (unpaired) electrons. The molecule has 0 saturated heterocycles. The van der Waals surface area contributed by atoms with Crippen LogP contribution in [0.1, 0.15) is 5.56 Å². The number of nitrogens with zero attached hydrogens (tertiary/aromatic N) is 1. The summed E-state index contributed by atoms with van der Waals surface area (Å²) in [5, 5.41) is 39.0. The van der Waals surface area contributed by atoms with Crippen LogP contribution in [0.5, 0.6) is 11.5 Å². The van der Waals surface area contributed by atoms with E-state index in [-0.39, 0.29) is 23.4 Å². The van der Waals surface area contributed by atoms with Crippen molar-refractivity contribution in [3.05, 3.63) is 23.8 Å². The summed E-state index contributed by atoms with van der Waals surface area (Å²) in [7, 11) is 3.42. The zero-order valence-electron chi connectivity index (χ0n) is 11.0. The highest BCUT2D eigenvalue weighted by Gasteiger charge is 2.03. The van der Waals surface area contributed by atoms with E-state index in [0.717, 1.165) is 5.56 Å². The van der Waals surface area contributed by atoms with E-state index in [1.54, 1.807) is 25.1 Å². The molecule has 0 saturated carbocycles. The number of rotatable bonds is 3. The lowest BCUT2D eigenvalue weighted by atomic mass is 10.1. The Kier molecular flexibility index (Phi) is 4.99. The highest BCUT2D eigenvalue weighted by Crippen LogP contribution is 2.24. The molecule has 19 heavy (non-hydrogen) atoms. The SMILES string of the molecule is CN(C)C(=N)NC(=N)NCCc1ccc(O)c(O)c1. The number of nitrogens with one attached hydrogen (secondary N) is 4. The molecule has 1 aromatic rings. The van der Waals surface area contributed by atoms with Crippen molar-refractivity contribution < 1.29 is 10.2 Å². The summed E-state index contributed by atoms with van der Waals surface area (Å²) in [5.74, 6) is -0.132. The molecule has 7 nitrogen and oxygen atoms in total. The van der Waals surface area contributed by atoms with Gasteiger partial charge in [0.25, 0.3) is 0 Å². The van der Waals surface area contributed by atoms with Gasteiger partial charge < -0.3 is 20.4 Å². The van der Waals surface area contributed by atoms with Crippen LogP contribution in [0.4, 0.5) is 0 Å². The number of guanidine groups is 2. The molecule has 0 spiro atoms. The van der Waals surface area contributed by atoms with E-state index in [1.807, 2.05) is 0 Å². The Morgan fingerprint density at radius 2 is 1.89 bits per heavy atom. The molecule has 0 aliphatic heterocycles. The first-order chi connectivity index (χ1) is 8.90. The van der Waals surface area contributed by atoms with E-state index >= 15 is 0 Å². The molecule has 104 valence electrons. The van der Waals surface area contributed by atoms with Crippen LogP contribution in [-0.2, 0) is 6.42 Å². The zero-order chi connectivity index (χ0) is 14.4. The highest BCUT2D eigenvalue weighted by molar-refractivity contribution is 5.95. The summed E-state index contributed by atoms with van der Waals surface area (Å²) >= 11 is 0. The van der Waals surface area contributed by atoms with Crippen LogP contribution < -0.4 is 10.6 Å². The molecule has 6 N–H and O–H groups in total. The Labute approximate surface area is 111 Å². The summed E-state index contributed by atoms with van der Waals surface area (Å²) in [6.07, 6.45) is 0.590. The van der Waals surface area contributed by atoms with Gasteiger partial charge in [-0.3, -0.25) is 16.1 Å². The summed E-state index contributed by atoms with van der Waals surface area (Å²) in [5.41, 5.74) is 0.846. The van der Waals surface area contributed by atoms with Crippen LogP contribution in [0, 0.1) is 10.8 Å². The van der Waals surface area contributed by atoms with Crippen molar-refractivity contribution in [1.29, 1.82) is 10.8 Å². The normalized spacial score (nSPS) is 9.79. The predicted octanol–water partition coefficient (Wildman–Crippen LogP) is 0.251. The van der Waals surface area contributed by atoms with Gasteiger partial charge >= 0.3 is 0 Å². The van der Waals surface area contributed by atoms with Crippen molar-refractivity contribution in [2.24, 2.45) is 0 Å². The number of phenolic OH excluding ortho intramolecular Hbond substituents is 2. The molecular weight excluding hydrogens is 246 g/mol. The van der Waals surface area contributed by atoms with Crippen LogP contribution in [-0.4, -0.2) is 47.7 Å². The minimum absolute atomic E-state index is 0.0432. The van der Waals surface area contributed by atoms with Gasteiger partial charge in [0.15, 0.2) is 23.4 Å². The second kappa shape index (κ2) is 6.48. The third-order valence-corrected chi connectivity index (χ3v) is 2.45. The molecule has 0 aliphatic rings. The summed E-state index contributed by atoms with van der Waals surface area (Å²) in [6.45, 7) is 0.483. The second-order valence-corrected chi connectivity index (χ2v) is 4.24. The monoisotopic (exact) mass is 265 g/mol. The Bertz CT molecular complexity index is 473. The van der Waals surface area contributed by atoms with E-state index in [1.165, 1.54) is 12.1 Å². The number of aromatic hydroxyl groups is 2. The molecule has 7 heteroatoms. The van der Waals surface area contributed by atoms with Gasteiger partial charge in [-0.2, -0.15) is 0 Å². The van der Waals surface area contributed by atoms with E-state index in [4.69, 9.17) is 10.8 Å². The van der Waals surface area contributed by atoms with Crippen LogP contribution in [0.2, 0.25) is 0 Å². The molecular formula is C12H19N5O2. The van der Waals surface area contributed by atoms with Crippen molar-refractivity contribution in [1.82, 2.24) is 15.5 Å². The largest absolute Gasteiger partial charge is 0.504 e. The lowest BCUT2D eigenvalue weighted by Gasteiger charge is -2.16. The summed E-state index contributed by atoms with van der Waals surface area (Å²) < 4.78 is 0. The summed E-state index contributed by atoms with van der Waals surface area (Å²) in [6, 6.07) is 4.61. The molecule has 0 atom stereocenters. The van der Waals surface area contributed by atoms with Gasteiger partial charge in [-0.1, -0.05) is 6.07 Å². The Morgan fingerprint density at radius 1 is 1.21 bits per heavy atom. The van der Waals surface area contributed by atoms with Crippen LogP contribution in [0.15, 0.2) is 18.2 Å². The maximum absolute atomic E-state index is 9.33. The van der Waals surface area contributed by atoms with E-state index < -0.39 is 0 Å². The first-order valence-corrected chi connectivity index (χ1v) is 5.76. The van der Waals surface area contributed by atoms with Gasteiger partial charge in [0.05, 0.1) is 0 Å². The van der Waals surface area contributed by atoms with Gasteiger partial charge in [0.2, 0.25) is 0 Å². The first-order valence-electron chi connectivity index (χ1n) is 5.76. The third kappa shape index (κ3) is 4.74. The lowest BCUT2D eigenvalue weighted by molar-refractivity contribution is 0.403. The van der Waals surface area contributed by atoms with Gasteiger partial charge in [0, 0.05) is 20.6 Å². The van der Waals surface area contributed by atoms with E-state index in [9.17, 15) is 10.2 Å². The Morgan fingerprint density at radius 3 is 2.47 bits per heavy atom. The van der Waals surface area contributed by atoms with Gasteiger partial charge in [-0.25, -0.2) is 0 Å². The van der Waals surface area contributed by atoms with Crippen LogP contribution in [0.25, 0.3) is 0 Å². The number of benzene rings is 1. The maximum atomic E-state index is 9.33. The Hall–Kier alpha value is -2.44. The first kappa shape index (κ1) is 14.6. The number of phenols is 2. The average molecular weight is 265 g/mol. The molecule has 0 heterocycles. The van der Waals surface area contributed by atoms with Crippen molar-refractivity contribution in [2.45, 2.75) is 6.42 Å².